The van der Waals surface area contributed by atoms with E-state index >= 15 is 0 Å². The van der Waals surface area contributed by atoms with Crippen molar-refractivity contribution in [1.29, 1.82) is 0 Å². The van der Waals surface area contributed by atoms with Gasteiger partial charge >= 0.3 is 0 Å². The van der Waals surface area contributed by atoms with Crippen molar-refractivity contribution in [3.63, 3.8) is 0 Å². The maximum Gasteiger partial charge on any atom is 0.260 e. The van der Waals surface area contributed by atoms with E-state index in [-0.39, 0.29) is 5.82 Å². The van der Waals surface area contributed by atoms with Crippen LogP contribution in [-0.2, 0) is 14.8 Å². The standard InChI is InChI=1S/C22H22FIN4O3S/c1-15-12-17(16(2)28(15)21-8-4-18(23)5-9-21)13-25-26-22(29)14-27(32(3,30)31)20-10-6-19(24)7-11-20/h4-13H,14H2,1-3H3,(H,26,29)/b25-13-. The Hall–Kier alpha value is -2.73. The third kappa shape index (κ3) is 5.74. The summed E-state index contributed by atoms with van der Waals surface area (Å²) in [5.74, 6) is -0.883. The lowest BCUT2D eigenvalue weighted by Gasteiger charge is -2.21. The molecule has 0 fully saturated rings. The first kappa shape index (κ1) is 23.9. The molecule has 1 heterocycles. The molecule has 3 aromatic rings. The number of sulfonamides is 1. The van der Waals surface area contributed by atoms with Crippen LogP contribution < -0.4 is 9.73 Å². The average molecular weight is 568 g/mol. The van der Waals surface area contributed by atoms with Crippen LogP contribution in [0, 0.1) is 23.2 Å². The van der Waals surface area contributed by atoms with Crippen molar-refractivity contribution in [1.82, 2.24) is 9.99 Å². The highest BCUT2D eigenvalue weighted by molar-refractivity contribution is 14.1. The zero-order valence-electron chi connectivity index (χ0n) is 17.7. The fourth-order valence-electron chi connectivity index (χ4n) is 3.25. The van der Waals surface area contributed by atoms with E-state index in [0.29, 0.717) is 5.69 Å². The lowest BCUT2D eigenvalue weighted by Crippen LogP contribution is -2.39. The number of carbonyl (C=O) groups is 1. The van der Waals surface area contributed by atoms with Gasteiger partial charge in [-0.2, -0.15) is 5.10 Å². The minimum atomic E-state index is -3.66. The van der Waals surface area contributed by atoms with Crippen molar-refractivity contribution < 1.29 is 17.6 Å². The van der Waals surface area contributed by atoms with Gasteiger partial charge in [-0.25, -0.2) is 18.2 Å². The van der Waals surface area contributed by atoms with E-state index in [9.17, 15) is 17.6 Å². The summed E-state index contributed by atoms with van der Waals surface area (Å²) in [6, 6.07) is 14.9. The van der Waals surface area contributed by atoms with E-state index in [1.807, 2.05) is 24.5 Å². The first-order valence-electron chi connectivity index (χ1n) is 9.56. The minimum absolute atomic E-state index is 0.311. The van der Waals surface area contributed by atoms with Crippen LogP contribution in [-0.4, -0.2) is 37.9 Å². The molecule has 0 aliphatic rings. The summed E-state index contributed by atoms with van der Waals surface area (Å²) in [7, 11) is -3.66. The number of hydrogen-bond donors (Lipinski definition) is 1. The first-order valence-corrected chi connectivity index (χ1v) is 12.5. The van der Waals surface area contributed by atoms with E-state index in [2.05, 4.69) is 33.1 Å². The zero-order valence-corrected chi connectivity index (χ0v) is 20.7. The molecule has 0 aliphatic heterocycles. The molecule has 7 nitrogen and oxygen atoms in total. The predicted molar refractivity (Wildman–Crippen MR) is 132 cm³/mol. The van der Waals surface area contributed by atoms with Crippen molar-refractivity contribution in [2.45, 2.75) is 13.8 Å². The summed E-state index contributed by atoms with van der Waals surface area (Å²) >= 11 is 2.12. The van der Waals surface area contributed by atoms with E-state index in [1.165, 1.54) is 18.3 Å². The van der Waals surface area contributed by atoms with Crippen LogP contribution in [0.1, 0.15) is 17.0 Å². The zero-order chi connectivity index (χ0) is 23.5. The van der Waals surface area contributed by atoms with Gasteiger partial charge < -0.3 is 4.57 Å². The molecule has 0 saturated heterocycles. The van der Waals surface area contributed by atoms with Crippen molar-refractivity contribution in [3.8, 4) is 5.69 Å². The van der Waals surface area contributed by atoms with Crippen molar-refractivity contribution in [2.24, 2.45) is 5.10 Å². The van der Waals surface area contributed by atoms with Gasteiger partial charge in [-0.3, -0.25) is 9.10 Å². The highest BCUT2D eigenvalue weighted by atomic mass is 127. The van der Waals surface area contributed by atoms with Crippen LogP contribution in [0.4, 0.5) is 10.1 Å². The van der Waals surface area contributed by atoms with Gasteiger partial charge in [0, 0.05) is 26.2 Å². The Balaban J connectivity index is 1.73. The second kappa shape index (κ2) is 9.82. The van der Waals surface area contributed by atoms with Crippen LogP contribution in [0.15, 0.2) is 59.7 Å². The minimum Gasteiger partial charge on any atom is -0.318 e. The lowest BCUT2D eigenvalue weighted by molar-refractivity contribution is -0.119. The normalized spacial score (nSPS) is 11.7. The summed E-state index contributed by atoms with van der Waals surface area (Å²) in [4.78, 5) is 12.4. The Labute approximate surface area is 200 Å². The smallest absolute Gasteiger partial charge is 0.260 e. The maximum atomic E-state index is 13.2. The van der Waals surface area contributed by atoms with Gasteiger partial charge in [-0.1, -0.05) is 0 Å². The van der Waals surface area contributed by atoms with Crippen LogP contribution in [0.2, 0.25) is 0 Å². The Bertz CT molecular complexity index is 1250. The Morgan fingerprint density at radius 2 is 1.78 bits per heavy atom. The number of aromatic nitrogens is 1. The van der Waals surface area contributed by atoms with Gasteiger partial charge in [-0.05, 0) is 91.0 Å². The van der Waals surface area contributed by atoms with Gasteiger partial charge in [0.25, 0.3) is 5.91 Å². The molecule has 10 heteroatoms. The Morgan fingerprint density at radius 3 is 2.38 bits per heavy atom. The fourth-order valence-corrected chi connectivity index (χ4v) is 4.47. The average Bonchev–Trinajstić information content (AvgIpc) is 3.00. The van der Waals surface area contributed by atoms with Gasteiger partial charge in [0.2, 0.25) is 10.0 Å². The monoisotopic (exact) mass is 568 g/mol. The molecule has 1 amide bonds. The number of nitrogens with zero attached hydrogens (tertiary/aromatic N) is 3. The number of hydrogen-bond acceptors (Lipinski definition) is 4. The van der Waals surface area contributed by atoms with Crippen LogP contribution in [0.5, 0.6) is 0 Å². The number of amides is 1. The summed E-state index contributed by atoms with van der Waals surface area (Å²) in [5.41, 5.74) is 6.14. The molecule has 0 atom stereocenters. The Morgan fingerprint density at radius 1 is 1.16 bits per heavy atom. The number of anilines is 1. The van der Waals surface area contributed by atoms with Crippen molar-refractivity contribution in [2.75, 3.05) is 17.1 Å². The molecule has 168 valence electrons. The molecule has 1 aromatic heterocycles. The van der Waals surface area contributed by atoms with Crippen molar-refractivity contribution >= 4 is 50.4 Å². The van der Waals surface area contributed by atoms with Crippen LogP contribution >= 0.6 is 22.6 Å². The molecule has 1 N–H and O–H groups in total. The SMILES string of the molecule is Cc1cc(/C=N\NC(=O)CN(c2ccc(I)cc2)S(C)(=O)=O)c(C)n1-c1ccc(F)cc1. The number of nitrogens with one attached hydrogen (secondary N) is 1. The number of rotatable bonds is 7. The van der Waals surface area contributed by atoms with Gasteiger partial charge in [0.15, 0.2) is 0 Å². The number of hydrazone groups is 1. The third-order valence-corrected chi connectivity index (χ3v) is 6.61. The second-order valence-electron chi connectivity index (χ2n) is 7.18. The Kier molecular flexibility index (Phi) is 7.34. The molecule has 32 heavy (non-hydrogen) atoms. The van der Waals surface area contributed by atoms with Crippen molar-refractivity contribution in [3.05, 3.63) is 80.9 Å². The van der Waals surface area contributed by atoms with E-state index in [1.54, 1.807) is 36.4 Å². The van der Waals surface area contributed by atoms with E-state index in [4.69, 9.17) is 0 Å². The number of halogens is 2. The highest BCUT2D eigenvalue weighted by Crippen LogP contribution is 2.20. The fraction of sp³-hybridized carbons (Fsp3) is 0.182. The quantitative estimate of drug-likeness (QED) is 0.268. The summed E-state index contributed by atoms with van der Waals surface area (Å²) in [6.45, 7) is 3.41. The van der Waals surface area contributed by atoms with Gasteiger partial charge in [0.05, 0.1) is 18.2 Å². The highest BCUT2D eigenvalue weighted by Gasteiger charge is 2.20. The lowest BCUT2D eigenvalue weighted by atomic mass is 10.2. The predicted octanol–water partition coefficient (Wildman–Crippen LogP) is 3.75. The molecule has 0 saturated carbocycles. The molecule has 0 radical (unpaired) electrons. The molecular formula is C22H22FIN4O3S. The topological polar surface area (TPSA) is 83.8 Å². The van der Waals surface area contributed by atoms with Crippen LogP contribution in [0.25, 0.3) is 5.69 Å². The number of carbonyl (C=O) groups excluding carboxylic acids is 1. The summed E-state index contributed by atoms with van der Waals surface area (Å²) in [6.07, 6.45) is 2.54. The number of benzene rings is 2. The van der Waals surface area contributed by atoms with E-state index < -0.39 is 22.5 Å². The maximum absolute atomic E-state index is 13.2. The number of aryl methyl sites for hydroxylation is 1. The second-order valence-corrected chi connectivity index (χ2v) is 10.3. The molecule has 2 aromatic carbocycles. The molecule has 0 unspecified atom stereocenters. The van der Waals surface area contributed by atoms with Gasteiger partial charge in [0.1, 0.15) is 12.4 Å². The molecular weight excluding hydrogens is 546 g/mol. The molecule has 0 spiro atoms. The summed E-state index contributed by atoms with van der Waals surface area (Å²) in [5, 5.41) is 3.99. The van der Waals surface area contributed by atoms with E-state index in [0.717, 1.165) is 36.8 Å². The van der Waals surface area contributed by atoms with Crippen LogP contribution in [0.3, 0.4) is 0 Å². The molecule has 0 aliphatic carbocycles. The third-order valence-electron chi connectivity index (χ3n) is 4.75. The first-order chi connectivity index (χ1) is 15.1. The largest absolute Gasteiger partial charge is 0.318 e. The summed E-state index contributed by atoms with van der Waals surface area (Å²) < 4.78 is 41.5. The molecule has 0 bridgehead atoms. The molecule has 3 rings (SSSR count). The van der Waals surface area contributed by atoms with Gasteiger partial charge in [-0.15, -0.1) is 0 Å².